The van der Waals surface area contributed by atoms with Gasteiger partial charge in [0.15, 0.2) is 0 Å². The van der Waals surface area contributed by atoms with Crippen molar-refractivity contribution in [2.24, 2.45) is 5.92 Å². The molecule has 2 heterocycles. The number of hydrogen-bond acceptors (Lipinski definition) is 5. The van der Waals surface area contributed by atoms with Gasteiger partial charge in [0, 0.05) is 24.2 Å². The predicted octanol–water partition coefficient (Wildman–Crippen LogP) is 3.78. The Kier molecular flexibility index (Phi) is 4.57. The molecule has 0 spiro atoms. The maximum absolute atomic E-state index is 12.4. The molecule has 2 unspecified atom stereocenters. The maximum Gasteiger partial charge on any atom is 0.341 e. The Balaban J connectivity index is 1.65. The van der Waals surface area contributed by atoms with E-state index in [2.05, 4.69) is 10.3 Å². The van der Waals surface area contributed by atoms with E-state index in [-0.39, 0.29) is 5.97 Å². The average Bonchev–Trinajstić information content (AvgIpc) is 3.48. The third-order valence-corrected chi connectivity index (χ3v) is 5.08. The number of anilines is 1. The first kappa shape index (κ1) is 16.3. The van der Waals surface area contributed by atoms with Crippen molar-refractivity contribution < 1.29 is 14.3 Å². The van der Waals surface area contributed by atoms with Gasteiger partial charge in [-0.1, -0.05) is 18.2 Å². The number of pyridine rings is 1. The summed E-state index contributed by atoms with van der Waals surface area (Å²) in [6.07, 6.45) is 6.48. The number of para-hydroxylation sites is 1. The minimum atomic E-state index is -0.325. The molecule has 1 aromatic carbocycles. The van der Waals surface area contributed by atoms with E-state index in [9.17, 15) is 4.79 Å². The summed E-state index contributed by atoms with van der Waals surface area (Å²) in [6, 6.07) is 8.21. The summed E-state index contributed by atoms with van der Waals surface area (Å²) in [5.74, 6) is 0.400. The molecule has 5 heteroatoms. The monoisotopic (exact) mass is 340 g/mol. The Bertz CT molecular complexity index is 773. The van der Waals surface area contributed by atoms with Gasteiger partial charge < -0.3 is 14.8 Å². The average molecular weight is 340 g/mol. The van der Waals surface area contributed by atoms with Crippen LogP contribution in [-0.2, 0) is 9.47 Å². The number of carbonyl (C=O) groups is 1. The van der Waals surface area contributed by atoms with Gasteiger partial charge in [-0.15, -0.1) is 0 Å². The Morgan fingerprint density at radius 3 is 2.96 bits per heavy atom. The van der Waals surface area contributed by atoms with Gasteiger partial charge in [-0.3, -0.25) is 4.98 Å². The van der Waals surface area contributed by atoms with Crippen LogP contribution in [0.2, 0.25) is 0 Å². The number of carbonyl (C=O) groups excluding carboxylic acids is 1. The molecule has 2 fully saturated rings. The van der Waals surface area contributed by atoms with Gasteiger partial charge in [0.25, 0.3) is 0 Å². The molecule has 25 heavy (non-hydrogen) atoms. The third-order valence-electron chi connectivity index (χ3n) is 5.08. The molecule has 1 aliphatic carbocycles. The lowest BCUT2D eigenvalue weighted by Gasteiger charge is -2.31. The van der Waals surface area contributed by atoms with E-state index >= 15 is 0 Å². The minimum absolute atomic E-state index is 0.304. The summed E-state index contributed by atoms with van der Waals surface area (Å²) in [5, 5.41) is 4.58. The fourth-order valence-electron chi connectivity index (χ4n) is 3.62. The molecule has 0 bridgehead atoms. The first-order valence-electron chi connectivity index (χ1n) is 9.19. The van der Waals surface area contributed by atoms with Crippen molar-refractivity contribution >= 4 is 22.6 Å². The van der Waals surface area contributed by atoms with Crippen LogP contribution in [0.25, 0.3) is 10.9 Å². The van der Waals surface area contributed by atoms with Gasteiger partial charge in [0.05, 0.1) is 23.9 Å². The summed E-state index contributed by atoms with van der Waals surface area (Å²) >= 11 is 0. The van der Waals surface area contributed by atoms with Gasteiger partial charge in [0.1, 0.15) is 5.56 Å². The molecule has 1 saturated carbocycles. The van der Waals surface area contributed by atoms with Crippen LogP contribution >= 0.6 is 0 Å². The zero-order valence-corrected chi connectivity index (χ0v) is 14.5. The molecule has 2 aliphatic rings. The minimum Gasteiger partial charge on any atom is -0.462 e. The van der Waals surface area contributed by atoms with E-state index in [1.165, 1.54) is 12.8 Å². The van der Waals surface area contributed by atoms with E-state index in [0.717, 1.165) is 42.0 Å². The van der Waals surface area contributed by atoms with Crippen molar-refractivity contribution in [2.45, 2.75) is 44.8 Å². The highest BCUT2D eigenvalue weighted by molar-refractivity contribution is 6.04. The highest BCUT2D eigenvalue weighted by atomic mass is 16.5. The Morgan fingerprint density at radius 2 is 2.16 bits per heavy atom. The van der Waals surface area contributed by atoms with Crippen molar-refractivity contribution in [3.63, 3.8) is 0 Å². The van der Waals surface area contributed by atoms with Crippen LogP contribution in [0.5, 0.6) is 0 Å². The lowest BCUT2D eigenvalue weighted by atomic mass is 9.98. The van der Waals surface area contributed by atoms with Crippen LogP contribution in [0.4, 0.5) is 5.69 Å². The lowest BCUT2D eigenvalue weighted by Crippen LogP contribution is -2.35. The maximum atomic E-state index is 12.4. The molecule has 1 aliphatic heterocycles. The van der Waals surface area contributed by atoms with Crippen LogP contribution in [-0.4, -0.2) is 36.3 Å². The highest BCUT2D eigenvalue weighted by Gasteiger charge is 2.36. The second-order valence-electron chi connectivity index (χ2n) is 6.90. The lowest BCUT2D eigenvalue weighted by molar-refractivity contribution is -0.00218. The van der Waals surface area contributed by atoms with Crippen molar-refractivity contribution in [2.75, 3.05) is 18.5 Å². The molecule has 0 radical (unpaired) electrons. The molecule has 0 amide bonds. The van der Waals surface area contributed by atoms with E-state index in [4.69, 9.17) is 9.47 Å². The van der Waals surface area contributed by atoms with Gasteiger partial charge in [-0.25, -0.2) is 4.79 Å². The quantitative estimate of drug-likeness (QED) is 0.839. The molecular weight excluding hydrogens is 316 g/mol. The van der Waals surface area contributed by atoms with Crippen LogP contribution in [0.1, 0.15) is 43.0 Å². The smallest absolute Gasteiger partial charge is 0.341 e. The molecule has 1 saturated heterocycles. The van der Waals surface area contributed by atoms with Gasteiger partial charge >= 0.3 is 5.97 Å². The van der Waals surface area contributed by atoms with Crippen LogP contribution in [0.3, 0.4) is 0 Å². The van der Waals surface area contributed by atoms with E-state index < -0.39 is 0 Å². The standard InChI is InChI=1S/C20H24N2O3/c1-2-24-20(23)16-12-21-17-6-4-3-5-15(17)19(16)22-14-9-10-25-18(11-14)13-7-8-13/h3-6,12-14,18H,2,7-11H2,1H3,(H,21,22). The first-order valence-corrected chi connectivity index (χ1v) is 9.19. The second-order valence-corrected chi connectivity index (χ2v) is 6.90. The Hall–Kier alpha value is -2.14. The van der Waals surface area contributed by atoms with Gasteiger partial charge in [-0.2, -0.15) is 0 Å². The normalized spacial score (nSPS) is 23.4. The first-order chi connectivity index (χ1) is 12.3. The fourth-order valence-corrected chi connectivity index (χ4v) is 3.62. The highest BCUT2D eigenvalue weighted by Crippen LogP contribution is 2.39. The van der Waals surface area contributed by atoms with Crippen LogP contribution in [0.15, 0.2) is 30.5 Å². The van der Waals surface area contributed by atoms with Crippen molar-refractivity contribution in [1.29, 1.82) is 0 Å². The zero-order valence-electron chi connectivity index (χ0n) is 14.5. The molecule has 1 N–H and O–H groups in total. The van der Waals surface area contributed by atoms with Crippen LogP contribution < -0.4 is 5.32 Å². The molecule has 2 aromatic rings. The number of fused-ring (bicyclic) bond motifs is 1. The second kappa shape index (κ2) is 7.00. The number of ether oxygens (including phenoxy) is 2. The SMILES string of the molecule is CCOC(=O)c1cnc2ccccc2c1NC1CCOC(C2CC2)C1. The Morgan fingerprint density at radius 1 is 1.32 bits per heavy atom. The summed E-state index contributed by atoms with van der Waals surface area (Å²) in [4.78, 5) is 16.8. The summed E-state index contributed by atoms with van der Waals surface area (Å²) in [5.41, 5.74) is 2.23. The number of esters is 1. The van der Waals surface area contributed by atoms with E-state index in [0.29, 0.717) is 24.3 Å². The van der Waals surface area contributed by atoms with Crippen molar-refractivity contribution in [3.05, 3.63) is 36.0 Å². The van der Waals surface area contributed by atoms with Gasteiger partial charge in [-0.05, 0) is 44.6 Å². The molecule has 1 aromatic heterocycles. The van der Waals surface area contributed by atoms with Crippen molar-refractivity contribution in [1.82, 2.24) is 4.98 Å². The Labute approximate surface area is 147 Å². The van der Waals surface area contributed by atoms with Crippen LogP contribution in [0, 0.1) is 5.92 Å². The molecule has 5 nitrogen and oxygen atoms in total. The summed E-state index contributed by atoms with van der Waals surface area (Å²) in [6.45, 7) is 2.95. The van der Waals surface area contributed by atoms with Gasteiger partial charge in [0.2, 0.25) is 0 Å². The summed E-state index contributed by atoms with van der Waals surface area (Å²) < 4.78 is 11.2. The third kappa shape index (κ3) is 3.47. The largest absolute Gasteiger partial charge is 0.462 e. The molecule has 4 rings (SSSR count). The zero-order chi connectivity index (χ0) is 17.2. The van der Waals surface area contributed by atoms with E-state index in [1.54, 1.807) is 6.20 Å². The fraction of sp³-hybridized carbons (Fsp3) is 0.500. The molecular formula is C20H24N2O3. The molecule has 2 atom stereocenters. The number of aromatic nitrogens is 1. The number of rotatable bonds is 5. The topological polar surface area (TPSA) is 60.5 Å². The number of nitrogens with zero attached hydrogens (tertiary/aromatic N) is 1. The summed E-state index contributed by atoms with van der Waals surface area (Å²) in [7, 11) is 0. The number of hydrogen-bond donors (Lipinski definition) is 1. The number of nitrogens with one attached hydrogen (secondary N) is 1. The molecule has 132 valence electrons. The van der Waals surface area contributed by atoms with Crippen molar-refractivity contribution in [3.8, 4) is 0 Å². The predicted molar refractivity (Wildman–Crippen MR) is 96.8 cm³/mol. The van der Waals surface area contributed by atoms with E-state index in [1.807, 2.05) is 31.2 Å². The number of benzene rings is 1.